The molecular formula is C21H39N5O8. The van der Waals surface area contributed by atoms with E-state index in [4.69, 9.17) is 16.6 Å². The number of aliphatic hydroxyl groups is 1. The van der Waals surface area contributed by atoms with Gasteiger partial charge in [-0.15, -0.1) is 0 Å². The van der Waals surface area contributed by atoms with Gasteiger partial charge < -0.3 is 42.7 Å². The summed E-state index contributed by atoms with van der Waals surface area (Å²) in [6.45, 7) is 5.23. The molecule has 6 atom stereocenters. The Balaban J connectivity index is 5.48. The third-order valence-corrected chi connectivity index (χ3v) is 5.46. The van der Waals surface area contributed by atoms with E-state index < -0.39 is 66.4 Å². The van der Waals surface area contributed by atoms with Crippen molar-refractivity contribution in [1.82, 2.24) is 16.0 Å². The fourth-order valence-electron chi connectivity index (χ4n) is 2.99. The molecule has 0 aromatic carbocycles. The molecule has 0 spiro atoms. The van der Waals surface area contributed by atoms with Gasteiger partial charge in [-0.25, -0.2) is 4.79 Å². The molecule has 0 saturated heterocycles. The largest absolute Gasteiger partial charge is 0.481 e. The summed E-state index contributed by atoms with van der Waals surface area (Å²) >= 11 is 0. The van der Waals surface area contributed by atoms with Crippen molar-refractivity contribution in [1.29, 1.82) is 0 Å². The predicted molar refractivity (Wildman–Crippen MR) is 122 cm³/mol. The number of amides is 3. The zero-order valence-corrected chi connectivity index (χ0v) is 20.0. The molecule has 0 aliphatic heterocycles. The molecule has 0 radical (unpaired) electrons. The molecule has 0 aromatic heterocycles. The molecule has 3 amide bonds. The molecule has 0 heterocycles. The van der Waals surface area contributed by atoms with Crippen LogP contribution < -0.4 is 27.4 Å². The summed E-state index contributed by atoms with van der Waals surface area (Å²) < 4.78 is 0. The first-order valence-electron chi connectivity index (χ1n) is 11.3. The fourth-order valence-corrected chi connectivity index (χ4v) is 2.99. The van der Waals surface area contributed by atoms with E-state index in [1.165, 1.54) is 6.92 Å². The molecule has 0 aliphatic carbocycles. The summed E-state index contributed by atoms with van der Waals surface area (Å²) in [6, 6.07) is -4.99. The number of unbranched alkanes of at least 4 members (excludes halogenated alkanes) is 1. The van der Waals surface area contributed by atoms with E-state index in [1.807, 2.05) is 6.92 Å². The van der Waals surface area contributed by atoms with Gasteiger partial charge in [0.1, 0.15) is 18.1 Å². The Labute approximate surface area is 199 Å². The van der Waals surface area contributed by atoms with Crippen LogP contribution in [0, 0.1) is 5.92 Å². The fraction of sp³-hybridized carbons (Fsp3) is 0.762. The molecular weight excluding hydrogens is 450 g/mol. The van der Waals surface area contributed by atoms with Crippen LogP contribution in [0.25, 0.3) is 0 Å². The van der Waals surface area contributed by atoms with Crippen molar-refractivity contribution >= 4 is 29.7 Å². The molecule has 13 nitrogen and oxygen atoms in total. The van der Waals surface area contributed by atoms with Gasteiger partial charge in [-0.2, -0.15) is 0 Å². The highest BCUT2D eigenvalue weighted by Gasteiger charge is 2.33. The van der Waals surface area contributed by atoms with Crippen LogP contribution in [0.5, 0.6) is 0 Å². The Morgan fingerprint density at radius 1 is 0.853 bits per heavy atom. The lowest BCUT2D eigenvalue weighted by Crippen LogP contribution is -2.60. The Morgan fingerprint density at radius 3 is 1.91 bits per heavy atom. The average Bonchev–Trinajstić information content (AvgIpc) is 2.77. The SMILES string of the molecule is CCC(C)C(N)C(=O)NC(C(=O)NC(CCCCN)C(=O)NC(CCC(=O)O)C(=O)O)C(C)O. The van der Waals surface area contributed by atoms with Crippen molar-refractivity contribution in [2.24, 2.45) is 17.4 Å². The minimum Gasteiger partial charge on any atom is -0.481 e. The van der Waals surface area contributed by atoms with Crippen LogP contribution in [0.4, 0.5) is 0 Å². The molecule has 10 N–H and O–H groups in total. The second-order valence-corrected chi connectivity index (χ2v) is 8.32. The van der Waals surface area contributed by atoms with Crippen LogP contribution in [-0.4, -0.2) is 81.8 Å². The summed E-state index contributed by atoms with van der Waals surface area (Å²) in [4.78, 5) is 60.2. The highest BCUT2D eigenvalue weighted by Crippen LogP contribution is 2.08. The maximum Gasteiger partial charge on any atom is 0.326 e. The van der Waals surface area contributed by atoms with Gasteiger partial charge in [0.25, 0.3) is 0 Å². The summed E-state index contributed by atoms with van der Waals surface area (Å²) in [5.74, 6) is -5.15. The first-order chi connectivity index (χ1) is 15.8. The zero-order chi connectivity index (χ0) is 26.4. The maximum absolute atomic E-state index is 12.8. The van der Waals surface area contributed by atoms with Crippen LogP contribution in [0.2, 0.25) is 0 Å². The van der Waals surface area contributed by atoms with E-state index in [-0.39, 0.29) is 18.8 Å². The summed E-state index contributed by atoms with van der Waals surface area (Å²) in [6.07, 6.45) is -0.465. The summed E-state index contributed by atoms with van der Waals surface area (Å²) in [7, 11) is 0. The van der Waals surface area contributed by atoms with Gasteiger partial charge in [0.15, 0.2) is 0 Å². The Bertz CT molecular complexity index is 703. The first kappa shape index (κ1) is 31.2. The van der Waals surface area contributed by atoms with Gasteiger partial charge >= 0.3 is 11.9 Å². The lowest BCUT2D eigenvalue weighted by molar-refractivity contribution is -0.143. The number of nitrogens with one attached hydrogen (secondary N) is 3. The van der Waals surface area contributed by atoms with Crippen molar-refractivity contribution in [2.45, 2.75) is 89.6 Å². The van der Waals surface area contributed by atoms with E-state index in [1.54, 1.807) is 6.92 Å². The highest BCUT2D eigenvalue weighted by atomic mass is 16.4. The lowest BCUT2D eigenvalue weighted by Gasteiger charge is -2.27. The lowest BCUT2D eigenvalue weighted by atomic mass is 9.98. The molecule has 13 heteroatoms. The van der Waals surface area contributed by atoms with Crippen molar-refractivity contribution in [3.63, 3.8) is 0 Å². The number of nitrogens with two attached hydrogens (primary N) is 2. The number of hydrogen-bond acceptors (Lipinski definition) is 8. The van der Waals surface area contributed by atoms with Crippen LogP contribution in [0.1, 0.15) is 59.3 Å². The van der Waals surface area contributed by atoms with Gasteiger partial charge in [0.2, 0.25) is 17.7 Å². The van der Waals surface area contributed by atoms with Crippen molar-refractivity contribution in [3.05, 3.63) is 0 Å². The molecule has 0 aliphatic rings. The van der Waals surface area contributed by atoms with Crippen molar-refractivity contribution in [3.8, 4) is 0 Å². The molecule has 0 rings (SSSR count). The predicted octanol–water partition coefficient (Wildman–Crippen LogP) is -1.73. The van der Waals surface area contributed by atoms with Crippen LogP contribution in [0.3, 0.4) is 0 Å². The molecule has 0 saturated carbocycles. The quantitative estimate of drug-likeness (QED) is 0.107. The summed E-state index contributed by atoms with van der Waals surface area (Å²) in [5, 5.41) is 35.2. The topological polar surface area (TPSA) is 234 Å². The third-order valence-electron chi connectivity index (χ3n) is 5.46. The van der Waals surface area contributed by atoms with E-state index >= 15 is 0 Å². The molecule has 0 bridgehead atoms. The van der Waals surface area contributed by atoms with Crippen LogP contribution in [0.15, 0.2) is 0 Å². The number of carbonyl (C=O) groups excluding carboxylic acids is 3. The minimum atomic E-state index is -1.47. The minimum absolute atomic E-state index is 0.104. The molecule has 6 unspecified atom stereocenters. The molecule has 0 aromatic rings. The van der Waals surface area contributed by atoms with E-state index in [2.05, 4.69) is 16.0 Å². The van der Waals surface area contributed by atoms with Crippen LogP contribution >= 0.6 is 0 Å². The Kier molecular flexibility index (Phi) is 14.7. The maximum atomic E-state index is 12.8. The number of rotatable bonds is 17. The average molecular weight is 490 g/mol. The summed E-state index contributed by atoms with van der Waals surface area (Å²) in [5.41, 5.74) is 11.4. The van der Waals surface area contributed by atoms with E-state index in [9.17, 15) is 34.2 Å². The third kappa shape index (κ3) is 11.4. The van der Waals surface area contributed by atoms with E-state index in [0.717, 1.165) is 0 Å². The van der Waals surface area contributed by atoms with Gasteiger partial charge in [0.05, 0.1) is 12.1 Å². The highest BCUT2D eigenvalue weighted by molar-refractivity contribution is 5.94. The number of carbonyl (C=O) groups is 5. The zero-order valence-electron chi connectivity index (χ0n) is 20.0. The number of aliphatic hydroxyl groups excluding tert-OH is 1. The molecule has 196 valence electrons. The Hall–Kier alpha value is -2.77. The molecule has 0 fully saturated rings. The number of carboxylic acids is 2. The van der Waals surface area contributed by atoms with E-state index in [0.29, 0.717) is 25.8 Å². The van der Waals surface area contributed by atoms with Gasteiger partial charge in [-0.05, 0) is 45.1 Å². The van der Waals surface area contributed by atoms with Crippen molar-refractivity contribution < 1.29 is 39.3 Å². The first-order valence-corrected chi connectivity index (χ1v) is 11.3. The monoisotopic (exact) mass is 489 g/mol. The Morgan fingerprint density at radius 2 is 1.44 bits per heavy atom. The second kappa shape index (κ2) is 16.0. The van der Waals surface area contributed by atoms with Gasteiger partial charge in [-0.3, -0.25) is 19.2 Å². The molecule has 34 heavy (non-hydrogen) atoms. The smallest absolute Gasteiger partial charge is 0.326 e. The van der Waals surface area contributed by atoms with Gasteiger partial charge in [-0.1, -0.05) is 20.3 Å². The van der Waals surface area contributed by atoms with Crippen LogP contribution in [-0.2, 0) is 24.0 Å². The number of hydrogen-bond donors (Lipinski definition) is 8. The number of carboxylic acid groups (broad SMARTS) is 2. The van der Waals surface area contributed by atoms with Crippen molar-refractivity contribution in [2.75, 3.05) is 6.54 Å². The normalized spacial score (nSPS) is 16.3. The second-order valence-electron chi connectivity index (χ2n) is 8.32. The van der Waals surface area contributed by atoms with Gasteiger partial charge in [0, 0.05) is 6.42 Å². The standard InChI is InChI=1S/C21H39N5O8/c1-4-11(2)16(23)19(31)26-17(12(3)27)20(32)24-13(7-5-6-10-22)18(30)25-14(21(33)34)8-9-15(28)29/h11-14,16-17,27H,4-10,22-23H2,1-3H3,(H,24,32)(H,25,30)(H,26,31)(H,28,29)(H,33,34). The number of aliphatic carboxylic acids is 2.